The molecule has 0 bridgehead atoms. The molecule has 0 saturated heterocycles. The highest BCUT2D eigenvalue weighted by Gasteiger charge is 2.19. The molecule has 0 aliphatic heterocycles. The van der Waals surface area contributed by atoms with E-state index in [0.717, 1.165) is 27.6 Å². The van der Waals surface area contributed by atoms with E-state index in [1.807, 2.05) is 0 Å². The second-order valence-corrected chi connectivity index (χ2v) is 6.59. The second kappa shape index (κ2) is 4.94. The van der Waals surface area contributed by atoms with Gasteiger partial charge >= 0.3 is 0 Å². The Morgan fingerprint density at radius 2 is 2.29 bits per heavy atom. The number of benzene rings is 1. The van der Waals surface area contributed by atoms with Crippen LogP contribution >= 0.6 is 27.3 Å². The smallest absolute Gasteiger partial charge is 0.183 e. The molecule has 0 radical (unpaired) electrons. The topological polar surface area (TPSA) is 24.9 Å². The van der Waals surface area contributed by atoms with Crippen LogP contribution in [-0.2, 0) is 0 Å². The van der Waals surface area contributed by atoms with Gasteiger partial charge in [0, 0.05) is 11.0 Å². The van der Waals surface area contributed by atoms with Gasteiger partial charge in [-0.3, -0.25) is 0 Å². The Balaban J connectivity index is 1.60. The summed E-state index contributed by atoms with van der Waals surface area (Å²) >= 11 is 5.21. The Hall–Kier alpha value is -0.610. The lowest BCUT2D eigenvalue weighted by Gasteiger charge is -2.00. The van der Waals surface area contributed by atoms with Crippen LogP contribution < -0.4 is 5.32 Å². The van der Waals surface area contributed by atoms with Crippen LogP contribution in [0.15, 0.2) is 22.7 Å². The molecule has 0 atom stereocenters. The highest BCUT2D eigenvalue weighted by molar-refractivity contribution is 9.10. The minimum absolute atomic E-state index is 1.03. The van der Waals surface area contributed by atoms with Crippen molar-refractivity contribution in [3.05, 3.63) is 22.7 Å². The molecule has 1 aromatic heterocycles. The number of halogens is 1. The third-order valence-corrected chi connectivity index (χ3v) is 4.60. The van der Waals surface area contributed by atoms with E-state index in [9.17, 15) is 0 Å². The van der Waals surface area contributed by atoms with E-state index in [-0.39, 0.29) is 0 Å². The Morgan fingerprint density at radius 1 is 1.41 bits per heavy atom. The molecule has 17 heavy (non-hydrogen) atoms. The summed E-state index contributed by atoms with van der Waals surface area (Å²) in [6.45, 7) is 1.05. The van der Waals surface area contributed by atoms with Crippen LogP contribution in [0.4, 0.5) is 5.13 Å². The van der Waals surface area contributed by atoms with E-state index in [0.29, 0.717) is 0 Å². The number of fused-ring (bicyclic) bond motifs is 1. The minimum atomic E-state index is 1.03. The first-order valence-electron chi connectivity index (χ1n) is 6.11. The normalized spacial score (nSPS) is 15.4. The summed E-state index contributed by atoms with van der Waals surface area (Å²) in [6, 6.07) is 6.26. The number of aromatic nitrogens is 1. The fourth-order valence-corrected chi connectivity index (χ4v) is 3.19. The van der Waals surface area contributed by atoms with Crippen molar-refractivity contribution >= 4 is 42.6 Å². The van der Waals surface area contributed by atoms with Gasteiger partial charge in [0.1, 0.15) is 0 Å². The van der Waals surface area contributed by atoms with Crippen LogP contribution in [0.3, 0.4) is 0 Å². The first-order valence-corrected chi connectivity index (χ1v) is 7.72. The SMILES string of the molecule is Brc1ccc2sc(NCCCC3CC3)nc2c1. The molecule has 1 heterocycles. The number of nitrogens with one attached hydrogen (secondary N) is 1. The maximum absolute atomic E-state index is 4.58. The fraction of sp³-hybridized carbons (Fsp3) is 0.462. The largest absolute Gasteiger partial charge is 0.361 e. The zero-order valence-corrected chi connectivity index (χ0v) is 12.0. The number of hydrogen-bond donors (Lipinski definition) is 1. The van der Waals surface area contributed by atoms with Gasteiger partial charge in [-0.2, -0.15) is 0 Å². The van der Waals surface area contributed by atoms with E-state index in [1.54, 1.807) is 11.3 Å². The molecule has 90 valence electrons. The summed E-state index contributed by atoms with van der Waals surface area (Å²) in [6.07, 6.45) is 5.55. The molecular formula is C13H15BrN2S. The van der Waals surface area contributed by atoms with E-state index >= 15 is 0 Å². The lowest BCUT2D eigenvalue weighted by atomic mass is 10.2. The molecule has 0 unspecified atom stereocenters. The molecule has 1 saturated carbocycles. The number of thiazole rings is 1. The molecule has 1 aromatic carbocycles. The van der Waals surface area contributed by atoms with Crippen LogP contribution in [0.25, 0.3) is 10.2 Å². The quantitative estimate of drug-likeness (QED) is 0.812. The molecule has 0 amide bonds. The van der Waals surface area contributed by atoms with Crippen molar-refractivity contribution in [1.82, 2.24) is 4.98 Å². The minimum Gasteiger partial charge on any atom is -0.361 e. The molecule has 2 nitrogen and oxygen atoms in total. The number of anilines is 1. The highest BCUT2D eigenvalue weighted by atomic mass is 79.9. The Morgan fingerprint density at radius 3 is 3.12 bits per heavy atom. The van der Waals surface area contributed by atoms with Gasteiger partial charge in [0.05, 0.1) is 10.2 Å². The van der Waals surface area contributed by atoms with Gasteiger partial charge in [0.25, 0.3) is 0 Å². The predicted molar refractivity (Wildman–Crippen MR) is 77.8 cm³/mol. The summed E-state index contributed by atoms with van der Waals surface area (Å²) in [5.41, 5.74) is 1.08. The van der Waals surface area contributed by atoms with Crippen molar-refractivity contribution in [2.45, 2.75) is 25.7 Å². The van der Waals surface area contributed by atoms with Gasteiger partial charge in [0.2, 0.25) is 0 Å². The molecule has 0 spiro atoms. The van der Waals surface area contributed by atoms with Gasteiger partial charge in [-0.25, -0.2) is 4.98 Å². The molecule has 4 heteroatoms. The first-order chi connectivity index (χ1) is 8.31. The third kappa shape index (κ3) is 2.99. The average molecular weight is 311 g/mol. The van der Waals surface area contributed by atoms with Gasteiger partial charge < -0.3 is 5.32 Å². The van der Waals surface area contributed by atoms with E-state index in [2.05, 4.69) is 44.4 Å². The van der Waals surface area contributed by atoms with E-state index in [1.165, 1.54) is 30.4 Å². The Labute approximate surface area is 114 Å². The molecule has 2 aromatic rings. The van der Waals surface area contributed by atoms with Crippen LogP contribution in [0.5, 0.6) is 0 Å². The molecule has 1 aliphatic rings. The zero-order chi connectivity index (χ0) is 11.7. The summed E-state index contributed by atoms with van der Waals surface area (Å²) < 4.78 is 2.34. The van der Waals surface area contributed by atoms with Crippen LogP contribution in [-0.4, -0.2) is 11.5 Å². The maximum atomic E-state index is 4.58. The zero-order valence-electron chi connectivity index (χ0n) is 9.58. The second-order valence-electron chi connectivity index (χ2n) is 4.64. The van der Waals surface area contributed by atoms with Crippen LogP contribution in [0, 0.1) is 5.92 Å². The summed E-state index contributed by atoms with van der Waals surface area (Å²) in [7, 11) is 0. The lowest BCUT2D eigenvalue weighted by Crippen LogP contribution is -2.00. The lowest BCUT2D eigenvalue weighted by molar-refractivity contribution is 0.687. The Kier molecular flexibility index (Phi) is 3.34. The third-order valence-electron chi connectivity index (χ3n) is 3.11. The van der Waals surface area contributed by atoms with Gasteiger partial charge in [-0.05, 0) is 37.0 Å². The van der Waals surface area contributed by atoms with E-state index in [4.69, 9.17) is 0 Å². The van der Waals surface area contributed by atoms with E-state index < -0.39 is 0 Å². The summed E-state index contributed by atoms with van der Waals surface area (Å²) in [5.74, 6) is 1.03. The summed E-state index contributed by atoms with van der Waals surface area (Å²) in [4.78, 5) is 4.58. The number of hydrogen-bond acceptors (Lipinski definition) is 3. The van der Waals surface area contributed by atoms with Crippen LogP contribution in [0.2, 0.25) is 0 Å². The summed E-state index contributed by atoms with van der Waals surface area (Å²) in [5, 5.41) is 4.48. The van der Waals surface area contributed by atoms with Crippen molar-refractivity contribution in [2.24, 2.45) is 5.92 Å². The maximum Gasteiger partial charge on any atom is 0.183 e. The number of nitrogens with zero attached hydrogens (tertiary/aromatic N) is 1. The van der Waals surface area contributed by atoms with Gasteiger partial charge in [-0.1, -0.05) is 40.1 Å². The highest BCUT2D eigenvalue weighted by Crippen LogP contribution is 2.33. The van der Waals surface area contributed by atoms with Gasteiger partial charge in [-0.15, -0.1) is 0 Å². The molecule has 3 rings (SSSR count). The van der Waals surface area contributed by atoms with Crippen molar-refractivity contribution in [3.8, 4) is 0 Å². The predicted octanol–water partition coefficient (Wildman–Crippen LogP) is 4.66. The fourth-order valence-electron chi connectivity index (χ4n) is 1.97. The van der Waals surface area contributed by atoms with Crippen molar-refractivity contribution in [1.29, 1.82) is 0 Å². The van der Waals surface area contributed by atoms with Crippen LogP contribution in [0.1, 0.15) is 25.7 Å². The molecule has 1 fully saturated rings. The monoisotopic (exact) mass is 310 g/mol. The van der Waals surface area contributed by atoms with Crippen molar-refractivity contribution in [3.63, 3.8) is 0 Å². The van der Waals surface area contributed by atoms with Crippen molar-refractivity contribution in [2.75, 3.05) is 11.9 Å². The molecular weight excluding hydrogens is 296 g/mol. The molecule has 1 aliphatic carbocycles. The van der Waals surface area contributed by atoms with Crippen molar-refractivity contribution < 1.29 is 0 Å². The molecule has 1 N–H and O–H groups in total. The number of rotatable bonds is 5. The first kappa shape index (κ1) is 11.5. The van der Waals surface area contributed by atoms with Gasteiger partial charge in [0.15, 0.2) is 5.13 Å². The Bertz CT molecular complexity index is 519. The average Bonchev–Trinajstić information content (AvgIpc) is 3.04. The standard InChI is InChI=1S/C13H15BrN2S/c14-10-5-6-12-11(8-10)16-13(17-12)15-7-1-2-9-3-4-9/h5-6,8-9H,1-4,7H2,(H,15,16).